The molecule has 0 radical (unpaired) electrons. The molecule has 0 aliphatic carbocycles. The Morgan fingerprint density at radius 1 is 1.27 bits per heavy atom. The van der Waals surface area contributed by atoms with Gasteiger partial charge in [0.15, 0.2) is 0 Å². The molecule has 0 atom stereocenters. The highest BCUT2D eigenvalue weighted by molar-refractivity contribution is 6.05. The van der Waals surface area contributed by atoms with Crippen LogP contribution in [0.4, 0.5) is 14.5 Å². The molecule has 0 fully saturated rings. The van der Waals surface area contributed by atoms with Crippen LogP contribution in [0.15, 0.2) is 30.3 Å². The van der Waals surface area contributed by atoms with Crippen LogP contribution in [0.2, 0.25) is 0 Å². The summed E-state index contributed by atoms with van der Waals surface area (Å²) in [6, 6.07) is 7.74. The zero-order valence-electron chi connectivity index (χ0n) is 11.7. The third-order valence-electron chi connectivity index (χ3n) is 3.12. The van der Waals surface area contributed by atoms with Gasteiger partial charge in [-0.2, -0.15) is 5.26 Å². The number of benzene rings is 2. The highest BCUT2D eigenvalue weighted by Crippen LogP contribution is 2.26. The first kappa shape index (κ1) is 15.4. The van der Waals surface area contributed by atoms with Crippen LogP contribution >= 0.6 is 0 Å². The maximum Gasteiger partial charge on any atom is 0.261 e. The number of phenols is 1. The van der Waals surface area contributed by atoms with Crippen LogP contribution in [0.3, 0.4) is 0 Å². The van der Waals surface area contributed by atoms with Crippen LogP contribution in [-0.4, -0.2) is 11.0 Å². The van der Waals surface area contributed by atoms with E-state index in [0.717, 1.165) is 17.7 Å². The molecule has 1 amide bonds. The summed E-state index contributed by atoms with van der Waals surface area (Å²) >= 11 is 0. The molecule has 0 aliphatic heterocycles. The van der Waals surface area contributed by atoms with Gasteiger partial charge in [0.05, 0.1) is 17.3 Å². The van der Waals surface area contributed by atoms with Gasteiger partial charge in [-0.15, -0.1) is 0 Å². The summed E-state index contributed by atoms with van der Waals surface area (Å²) in [5, 5.41) is 20.6. The molecule has 22 heavy (non-hydrogen) atoms. The first-order valence-corrected chi connectivity index (χ1v) is 6.48. The molecular weight excluding hydrogens is 290 g/mol. The maximum absolute atomic E-state index is 13.8. The minimum Gasteiger partial charge on any atom is -0.506 e. The molecule has 2 N–H and O–H groups in total. The van der Waals surface area contributed by atoms with Crippen LogP contribution in [0.1, 0.15) is 28.4 Å². The van der Waals surface area contributed by atoms with E-state index in [0.29, 0.717) is 6.42 Å². The number of rotatable bonds is 3. The third kappa shape index (κ3) is 3.04. The van der Waals surface area contributed by atoms with Crippen LogP contribution in [0.5, 0.6) is 5.75 Å². The second-order valence-corrected chi connectivity index (χ2v) is 4.59. The second-order valence-electron chi connectivity index (χ2n) is 4.59. The van der Waals surface area contributed by atoms with E-state index in [1.165, 1.54) is 12.1 Å². The van der Waals surface area contributed by atoms with Gasteiger partial charge in [-0.05, 0) is 36.2 Å². The van der Waals surface area contributed by atoms with Crippen LogP contribution < -0.4 is 5.32 Å². The van der Waals surface area contributed by atoms with E-state index in [1.54, 1.807) is 12.1 Å². The Hall–Kier alpha value is -2.94. The molecule has 112 valence electrons. The van der Waals surface area contributed by atoms with E-state index in [-0.39, 0.29) is 17.0 Å². The molecule has 0 aromatic heterocycles. The van der Waals surface area contributed by atoms with E-state index in [2.05, 4.69) is 5.32 Å². The molecule has 0 unspecified atom stereocenters. The Kier molecular flexibility index (Phi) is 4.37. The van der Waals surface area contributed by atoms with Gasteiger partial charge >= 0.3 is 0 Å². The fourth-order valence-electron chi connectivity index (χ4n) is 1.94. The van der Waals surface area contributed by atoms with Crippen molar-refractivity contribution >= 4 is 11.6 Å². The summed E-state index contributed by atoms with van der Waals surface area (Å²) in [6.07, 6.45) is 0.669. The number of nitrogens with zero attached hydrogens (tertiary/aromatic N) is 1. The molecule has 0 saturated carbocycles. The Bertz CT molecular complexity index is 759. The molecule has 4 nitrogen and oxygen atoms in total. The molecule has 0 aliphatic rings. The summed E-state index contributed by atoms with van der Waals surface area (Å²) < 4.78 is 27.6. The maximum atomic E-state index is 13.8. The van der Waals surface area contributed by atoms with Crippen molar-refractivity contribution in [1.29, 1.82) is 5.26 Å². The molecule has 0 spiro atoms. The lowest BCUT2D eigenvalue weighted by Crippen LogP contribution is -2.16. The highest BCUT2D eigenvalue weighted by Gasteiger charge is 2.20. The number of carbonyl (C=O) groups excluding carboxylic acids is 1. The Balaban J connectivity index is 2.36. The van der Waals surface area contributed by atoms with Gasteiger partial charge in [0.25, 0.3) is 5.91 Å². The second kappa shape index (κ2) is 6.22. The van der Waals surface area contributed by atoms with Crippen molar-refractivity contribution in [3.63, 3.8) is 0 Å². The topological polar surface area (TPSA) is 73.1 Å². The average molecular weight is 302 g/mol. The SMILES string of the molecule is CCc1ccc(O)c(NC(=O)c2c(F)cc(C#N)cc2F)c1. The average Bonchev–Trinajstić information content (AvgIpc) is 2.48. The standard InChI is InChI=1S/C16H12F2N2O2/c1-2-9-3-4-14(21)13(7-9)20-16(22)15-11(17)5-10(8-19)6-12(15)18/h3-7,21H,2H2,1H3,(H,20,22). The summed E-state index contributed by atoms with van der Waals surface area (Å²) in [5.74, 6) is -3.52. The van der Waals surface area contributed by atoms with Gasteiger partial charge in [0.2, 0.25) is 0 Å². The number of hydrogen-bond donors (Lipinski definition) is 2. The zero-order chi connectivity index (χ0) is 16.3. The summed E-state index contributed by atoms with van der Waals surface area (Å²) in [4.78, 5) is 12.0. The van der Waals surface area contributed by atoms with Crippen molar-refractivity contribution in [3.05, 3.63) is 58.7 Å². The quantitative estimate of drug-likeness (QED) is 0.854. The van der Waals surface area contributed by atoms with E-state index in [4.69, 9.17) is 5.26 Å². The zero-order valence-corrected chi connectivity index (χ0v) is 11.7. The number of aryl methyl sites for hydroxylation is 1. The summed E-state index contributed by atoms with van der Waals surface area (Å²) in [5.41, 5.74) is -0.121. The highest BCUT2D eigenvalue weighted by atomic mass is 19.1. The Labute approximate surface area is 125 Å². The lowest BCUT2D eigenvalue weighted by atomic mass is 10.1. The molecule has 2 rings (SSSR count). The largest absolute Gasteiger partial charge is 0.506 e. The van der Waals surface area contributed by atoms with E-state index in [9.17, 15) is 18.7 Å². The third-order valence-corrected chi connectivity index (χ3v) is 3.12. The lowest BCUT2D eigenvalue weighted by Gasteiger charge is -2.10. The number of amides is 1. The number of nitriles is 1. The molecular formula is C16H12F2N2O2. The Morgan fingerprint density at radius 2 is 1.91 bits per heavy atom. The van der Waals surface area contributed by atoms with Gasteiger partial charge < -0.3 is 10.4 Å². The number of hydrogen-bond acceptors (Lipinski definition) is 3. The van der Waals surface area contributed by atoms with E-state index < -0.39 is 23.1 Å². The van der Waals surface area contributed by atoms with Crippen LogP contribution in [0, 0.1) is 23.0 Å². The fraction of sp³-hybridized carbons (Fsp3) is 0.125. The first-order chi connectivity index (χ1) is 10.5. The monoisotopic (exact) mass is 302 g/mol. The molecule has 0 heterocycles. The normalized spacial score (nSPS) is 10.1. The first-order valence-electron chi connectivity index (χ1n) is 6.48. The molecule has 0 saturated heterocycles. The van der Waals surface area contributed by atoms with Gasteiger partial charge in [-0.25, -0.2) is 8.78 Å². The predicted molar refractivity (Wildman–Crippen MR) is 76.5 cm³/mol. The minimum absolute atomic E-state index is 0.0625. The van der Waals surface area contributed by atoms with Crippen molar-refractivity contribution in [3.8, 4) is 11.8 Å². The number of phenolic OH excluding ortho intramolecular Hbond substituents is 1. The van der Waals surface area contributed by atoms with Crippen molar-refractivity contribution in [2.24, 2.45) is 0 Å². The number of aromatic hydroxyl groups is 1. The van der Waals surface area contributed by atoms with Gasteiger partial charge in [-0.1, -0.05) is 13.0 Å². The summed E-state index contributed by atoms with van der Waals surface area (Å²) in [6.45, 7) is 1.89. The number of anilines is 1. The molecule has 0 bridgehead atoms. The smallest absolute Gasteiger partial charge is 0.261 e. The summed E-state index contributed by atoms with van der Waals surface area (Å²) in [7, 11) is 0. The molecule has 2 aromatic rings. The van der Waals surface area contributed by atoms with Gasteiger partial charge in [-0.3, -0.25) is 4.79 Å². The lowest BCUT2D eigenvalue weighted by molar-refractivity contribution is 0.101. The fourth-order valence-corrected chi connectivity index (χ4v) is 1.94. The van der Waals surface area contributed by atoms with Crippen molar-refractivity contribution in [2.75, 3.05) is 5.32 Å². The van der Waals surface area contributed by atoms with Crippen LogP contribution in [-0.2, 0) is 6.42 Å². The van der Waals surface area contributed by atoms with Crippen molar-refractivity contribution in [2.45, 2.75) is 13.3 Å². The Morgan fingerprint density at radius 3 is 2.45 bits per heavy atom. The van der Waals surface area contributed by atoms with Gasteiger partial charge in [0.1, 0.15) is 22.9 Å². The van der Waals surface area contributed by atoms with Crippen molar-refractivity contribution in [1.82, 2.24) is 0 Å². The van der Waals surface area contributed by atoms with Gasteiger partial charge in [0, 0.05) is 0 Å². The van der Waals surface area contributed by atoms with E-state index >= 15 is 0 Å². The van der Waals surface area contributed by atoms with Crippen LogP contribution in [0.25, 0.3) is 0 Å². The van der Waals surface area contributed by atoms with Crippen molar-refractivity contribution < 1.29 is 18.7 Å². The number of carbonyl (C=O) groups is 1. The predicted octanol–water partition coefficient (Wildman–Crippen LogP) is 3.36. The molecule has 2 aromatic carbocycles. The number of nitrogens with one attached hydrogen (secondary N) is 1. The number of halogens is 2. The van der Waals surface area contributed by atoms with E-state index in [1.807, 2.05) is 6.92 Å². The minimum atomic E-state index is -1.14. The molecule has 6 heteroatoms.